The Morgan fingerprint density at radius 2 is 2.00 bits per heavy atom. The minimum Gasteiger partial charge on any atom is -0.329 e. The highest BCUT2D eigenvalue weighted by Crippen LogP contribution is 2.33. The first-order valence-corrected chi connectivity index (χ1v) is 8.86. The number of aryl methyl sites for hydroxylation is 1. The van der Waals surface area contributed by atoms with Crippen molar-refractivity contribution in [2.45, 2.75) is 38.9 Å². The van der Waals surface area contributed by atoms with Gasteiger partial charge in [0.15, 0.2) is 0 Å². The SMILES string of the molecule is Cc1cccnc1C1CCCN1Cc1nccn1Cc1cccnc1. The maximum Gasteiger partial charge on any atom is 0.123 e. The molecule has 3 aromatic heterocycles. The fraction of sp³-hybridized carbons (Fsp3) is 0.350. The van der Waals surface area contributed by atoms with Gasteiger partial charge in [-0.05, 0) is 49.6 Å². The molecule has 1 unspecified atom stereocenters. The number of likely N-dealkylation sites (tertiary alicyclic amines) is 1. The lowest BCUT2D eigenvalue weighted by Gasteiger charge is -2.25. The van der Waals surface area contributed by atoms with E-state index >= 15 is 0 Å². The molecule has 1 atom stereocenters. The largest absolute Gasteiger partial charge is 0.329 e. The Morgan fingerprint density at radius 3 is 2.84 bits per heavy atom. The molecule has 4 rings (SSSR count). The standard InChI is InChI=1S/C20H23N5/c1-16-5-2-9-23-20(16)18-7-4-11-24(18)15-19-22-10-12-25(19)14-17-6-3-8-21-13-17/h2-3,5-6,8-10,12-13,18H,4,7,11,14-15H2,1H3. The van der Waals surface area contributed by atoms with Crippen LogP contribution in [-0.4, -0.2) is 31.0 Å². The van der Waals surface area contributed by atoms with Crippen molar-refractivity contribution in [1.82, 2.24) is 24.4 Å². The second-order valence-corrected chi connectivity index (χ2v) is 6.67. The first kappa shape index (κ1) is 16.0. The summed E-state index contributed by atoms with van der Waals surface area (Å²) in [5.41, 5.74) is 3.68. The molecule has 4 heterocycles. The van der Waals surface area contributed by atoms with E-state index in [1.807, 2.05) is 36.9 Å². The van der Waals surface area contributed by atoms with Crippen molar-refractivity contribution < 1.29 is 0 Å². The summed E-state index contributed by atoms with van der Waals surface area (Å²) in [7, 11) is 0. The number of nitrogens with zero attached hydrogens (tertiary/aromatic N) is 5. The zero-order chi connectivity index (χ0) is 17.1. The molecule has 0 aromatic carbocycles. The van der Waals surface area contributed by atoms with Crippen molar-refractivity contribution in [3.8, 4) is 0 Å². The first-order valence-electron chi connectivity index (χ1n) is 8.86. The summed E-state index contributed by atoms with van der Waals surface area (Å²) >= 11 is 0. The van der Waals surface area contributed by atoms with Gasteiger partial charge >= 0.3 is 0 Å². The number of pyridine rings is 2. The van der Waals surface area contributed by atoms with Crippen LogP contribution in [0.15, 0.2) is 55.2 Å². The summed E-state index contributed by atoms with van der Waals surface area (Å²) in [6.07, 6.45) is 12.0. The van der Waals surface area contributed by atoms with Crippen LogP contribution in [0.1, 0.15) is 41.5 Å². The van der Waals surface area contributed by atoms with E-state index in [0.717, 1.165) is 25.5 Å². The van der Waals surface area contributed by atoms with Crippen LogP contribution in [0.2, 0.25) is 0 Å². The van der Waals surface area contributed by atoms with Crippen LogP contribution in [0.4, 0.5) is 0 Å². The van der Waals surface area contributed by atoms with Gasteiger partial charge in [0, 0.05) is 31.0 Å². The average Bonchev–Trinajstić information content (AvgIpc) is 3.27. The van der Waals surface area contributed by atoms with E-state index in [-0.39, 0.29) is 0 Å². The average molecular weight is 333 g/mol. The summed E-state index contributed by atoms with van der Waals surface area (Å²) in [6, 6.07) is 8.64. The van der Waals surface area contributed by atoms with Crippen LogP contribution in [0.25, 0.3) is 0 Å². The van der Waals surface area contributed by atoms with E-state index in [1.165, 1.54) is 29.7 Å². The smallest absolute Gasteiger partial charge is 0.123 e. The van der Waals surface area contributed by atoms with Gasteiger partial charge in [0.1, 0.15) is 5.82 Å². The molecule has 0 saturated carbocycles. The molecule has 1 fully saturated rings. The molecule has 0 radical (unpaired) electrons. The van der Waals surface area contributed by atoms with Crippen molar-refractivity contribution in [1.29, 1.82) is 0 Å². The Morgan fingerprint density at radius 1 is 1.08 bits per heavy atom. The Labute approximate surface area is 148 Å². The van der Waals surface area contributed by atoms with E-state index in [0.29, 0.717) is 6.04 Å². The third-order valence-electron chi connectivity index (χ3n) is 4.95. The molecule has 0 aliphatic carbocycles. The topological polar surface area (TPSA) is 46.8 Å². The number of rotatable bonds is 5. The minimum atomic E-state index is 0.393. The van der Waals surface area contributed by atoms with Crippen LogP contribution < -0.4 is 0 Å². The van der Waals surface area contributed by atoms with Gasteiger partial charge in [-0.2, -0.15) is 0 Å². The molecule has 1 saturated heterocycles. The van der Waals surface area contributed by atoms with Crippen molar-refractivity contribution in [3.63, 3.8) is 0 Å². The molecule has 128 valence electrons. The van der Waals surface area contributed by atoms with Crippen molar-refractivity contribution in [2.75, 3.05) is 6.54 Å². The zero-order valence-corrected chi connectivity index (χ0v) is 14.5. The molecule has 1 aliphatic rings. The third-order valence-corrected chi connectivity index (χ3v) is 4.95. The number of imidazole rings is 1. The van der Waals surface area contributed by atoms with Crippen LogP contribution in [0.5, 0.6) is 0 Å². The quantitative estimate of drug-likeness (QED) is 0.718. The van der Waals surface area contributed by atoms with Gasteiger partial charge < -0.3 is 4.57 Å². The molecular weight excluding hydrogens is 310 g/mol. The Kier molecular flexibility index (Phi) is 4.57. The Balaban J connectivity index is 1.52. The molecule has 5 nitrogen and oxygen atoms in total. The summed E-state index contributed by atoms with van der Waals surface area (Å²) in [6.45, 7) is 4.92. The molecule has 0 amide bonds. The van der Waals surface area contributed by atoms with Crippen LogP contribution in [0.3, 0.4) is 0 Å². The van der Waals surface area contributed by atoms with Gasteiger partial charge in [0.25, 0.3) is 0 Å². The summed E-state index contributed by atoms with van der Waals surface area (Å²) in [5.74, 6) is 1.10. The van der Waals surface area contributed by atoms with E-state index in [4.69, 9.17) is 0 Å². The maximum absolute atomic E-state index is 4.65. The molecule has 0 N–H and O–H groups in total. The van der Waals surface area contributed by atoms with Gasteiger partial charge in [0.2, 0.25) is 0 Å². The molecule has 0 bridgehead atoms. The van der Waals surface area contributed by atoms with Gasteiger partial charge in [-0.25, -0.2) is 4.98 Å². The number of aromatic nitrogens is 4. The van der Waals surface area contributed by atoms with Crippen molar-refractivity contribution in [2.24, 2.45) is 0 Å². The molecule has 25 heavy (non-hydrogen) atoms. The van der Waals surface area contributed by atoms with Crippen LogP contribution in [0, 0.1) is 6.92 Å². The monoisotopic (exact) mass is 333 g/mol. The Hall–Kier alpha value is -2.53. The predicted molar refractivity (Wildman–Crippen MR) is 96.9 cm³/mol. The zero-order valence-electron chi connectivity index (χ0n) is 14.5. The summed E-state index contributed by atoms with van der Waals surface area (Å²) in [5, 5.41) is 0. The second kappa shape index (κ2) is 7.15. The Bertz CT molecular complexity index is 827. The fourth-order valence-corrected chi connectivity index (χ4v) is 3.68. The second-order valence-electron chi connectivity index (χ2n) is 6.67. The fourth-order valence-electron chi connectivity index (χ4n) is 3.68. The maximum atomic E-state index is 4.65. The van der Waals surface area contributed by atoms with Gasteiger partial charge in [-0.3, -0.25) is 14.9 Å². The van der Waals surface area contributed by atoms with E-state index in [1.54, 1.807) is 0 Å². The molecule has 0 spiro atoms. The predicted octanol–water partition coefficient (Wildman–Crippen LogP) is 3.37. The van der Waals surface area contributed by atoms with Gasteiger partial charge in [-0.15, -0.1) is 0 Å². The number of hydrogen-bond acceptors (Lipinski definition) is 4. The van der Waals surface area contributed by atoms with E-state index < -0.39 is 0 Å². The lowest BCUT2D eigenvalue weighted by atomic mass is 10.1. The normalized spacial score (nSPS) is 17.9. The minimum absolute atomic E-state index is 0.393. The van der Waals surface area contributed by atoms with Gasteiger partial charge in [-0.1, -0.05) is 12.1 Å². The van der Waals surface area contributed by atoms with Crippen molar-refractivity contribution in [3.05, 3.63) is 77.9 Å². The highest BCUT2D eigenvalue weighted by molar-refractivity contribution is 5.22. The van der Waals surface area contributed by atoms with E-state index in [9.17, 15) is 0 Å². The third kappa shape index (κ3) is 3.46. The molecule has 3 aromatic rings. The van der Waals surface area contributed by atoms with Crippen LogP contribution >= 0.6 is 0 Å². The van der Waals surface area contributed by atoms with E-state index in [2.05, 4.69) is 49.7 Å². The highest BCUT2D eigenvalue weighted by atomic mass is 15.2. The lowest BCUT2D eigenvalue weighted by Crippen LogP contribution is -2.26. The first-order chi connectivity index (χ1) is 12.3. The highest BCUT2D eigenvalue weighted by Gasteiger charge is 2.29. The van der Waals surface area contributed by atoms with Gasteiger partial charge in [0.05, 0.1) is 24.8 Å². The summed E-state index contributed by atoms with van der Waals surface area (Å²) in [4.78, 5) is 16.0. The molecule has 1 aliphatic heterocycles. The van der Waals surface area contributed by atoms with Crippen molar-refractivity contribution >= 4 is 0 Å². The molecular formula is C20H23N5. The summed E-state index contributed by atoms with van der Waals surface area (Å²) < 4.78 is 2.22. The van der Waals surface area contributed by atoms with Crippen LogP contribution in [-0.2, 0) is 13.1 Å². The number of hydrogen-bond donors (Lipinski definition) is 0. The molecule has 5 heteroatoms. The lowest BCUT2D eigenvalue weighted by molar-refractivity contribution is 0.234.